The largest absolute Gasteiger partial charge is 0.350 e. The van der Waals surface area contributed by atoms with Crippen LogP contribution in [0.2, 0.25) is 0 Å². The number of nitrogens with zero attached hydrogens (tertiary/aromatic N) is 3. The lowest BCUT2D eigenvalue weighted by atomic mass is 9.87. The van der Waals surface area contributed by atoms with Gasteiger partial charge < -0.3 is 5.32 Å². The Bertz CT molecular complexity index is 551. The monoisotopic (exact) mass is 308 g/mol. The van der Waals surface area contributed by atoms with Crippen LogP contribution in [0.15, 0.2) is 22.8 Å². The zero-order valence-electron chi connectivity index (χ0n) is 10.4. The van der Waals surface area contributed by atoms with Crippen LogP contribution in [-0.2, 0) is 0 Å². The Balaban J connectivity index is 1.78. The summed E-state index contributed by atoms with van der Waals surface area (Å²) in [6, 6.07) is 4.47. The minimum atomic E-state index is 0.523. The molecule has 0 aromatic carbocycles. The topological polar surface area (TPSA) is 42.2 Å². The Morgan fingerprint density at radius 3 is 3.11 bits per heavy atom. The first-order valence-electron chi connectivity index (χ1n) is 6.49. The van der Waals surface area contributed by atoms with Gasteiger partial charge in [0.05, 0.1) is 0 Å². The second-order valence-corrected chi connectivity index (χ2v) is 6.11. The van der Waals surface area contributed by atoms with Gasteiger partial charge in [-0.2, -0.15) is 4.98 Å². The lowest BCUT2D eigenvalue weighted by Gasteiger charge is -2.26. The van der Waals surface area contributed by atoms with Crippen molar-refractivity contribution in [3.8, 4) is 0 Å². The molecule has 18 heavy (non-hydrogen) atoms. The molecule has 4 nitrogen and oxygen atoms in total. The van der Waals surface area contributed by atoms with Crippen molar-refractivity contribution in [3.05, 3.63) is 22.8 Å². The Labute approximate surface area is 115 Å². The molecular formula is C13H17BrN4. The summed E-state index contributed by atoms with van der Waals surface area (Å²) >= 11 is 3.44. The molecule has 0 saturated heterocycles. The van der Waals surface area contributed by atoms with Gasteiger partial charge in [0.15, 0.2) is 5.65 Å². The highest BCUT2D eigenvalue weighted by Gasteiger charge is 2.19. The van der Waals surface area contributed by atoms with Crippen LogP contribution in [0.3, 0.4) is 0 Å². The molecule has 2 aromatic heterocycles. The number of anilines is 1. The third kappa shape index (κ3) is 2.51. The van der Waals surface area contributed by atoms with Gasteiger partial charge >= 0.3 is 0 Å². The summed E-state index contributed by atoms with van der Waals surface area (Å²) in [5, 5.41) is 7.92. The van der Waals surface area contributed by atoms with E-state index in [4.69, 9.17) is 0 Å². The van der Waals surface area contributed by atoms with E-state index in [1.807, 2.05) is 18.3 Å². The Morgan fingerprint density at radius 2 is 2.28 bits per heavy atom. The first kappa shape index (κ1) is 12.0. The average molecular weight is 309 g/mol. The van der Waals surface area contributed by atoms with E-state index in [2.05, 4.69) is 38.3 Å². The number of rotatable bonds is 2. The molecular weight excluding hydrogens is 292 g/mol. The third-order valence-electron chi connectivity index (χ3n) is 3.56. The molecule has 1 aliphatic rings. The molecule has 0 aliphatic heterocycles. The molecule has 0 bridgehead atoms. The van der Waals surface area contributed by atoms with Crippen molar-refractivity contribution in [1.82, 2.24) is 14.6 Å². The second kappa shape index (κ2) is 4.88. The number of hydrogen-bond donors (Lipinski definition) is 1. The van der Waals surface area contributed by atoms with Crippen molar-refractivity contribution >= 4 is 27.5 Å². The summed E-state index contributed by atoms with van der Waals surface area (Å²) in [7, 11) is 0. The Morgan fingerprint density at radius 1 is 1.39 bits per heavy atom. The summed E-state index contributed by atoms with van der Waals surface area (Å²) < 4.78 is 2.82. The minimum absolute atomic E-state index is 0.523. The van der Waals surface area contributed by atoms with Crippen LogP contribution in [0.25, 0.3) is 5.65 Å². The number of hydrogen-bond acceptors (Lipinski definition) is 3. The predicted octanol–water partition coefficient (Wildman–Crippen LogP) is 3.48. The molecule has 2 atom stereocenters. The van der Waals surface area contributed by atoms with Crippen molar-refractivity contribution in [2.24, 2.45) is 5.92 Å². The van der Waals surface area contributed by atoms with E-state index < -0.39 is 0 Å². The van der Waals surface area contributed by atoms with E-state index in [9.17, 15) is 0 Å². The summed E-state index contributed by atoms with van der Waals surface area (Å²) in [5.41, 5.74) is 0.879. The molecule has 2 unspecified atom stereocenters. The molecule has 2 aromatic rings. The molecule has 0 spiro atoms. The van der Waals surface area contributed by atoms with Gasteiger partial charge in [-0.15, -0.1) is 5.10 Å². The van der Waals surface area contributed by atoms with E-state index in [1.54, 1.807) is 4.52 Å². The van der Waals surface area contributed by atoms with E-state index in [0.717, 1.165) is 22.0 Å². The van der Waals surface area contributed by atoms with Gasteiger partial charge in [-0.05, 0) is 46.8 Å². The highest BCUT2D eigenvalue weighted by Crippen LogP contribution is 2.25. The zero-order valence-corrected chi connectivity index (χ0v) is 12.0. The highest BCUT2D eigenvalue weighted by atomic mass is 79.9. The first-order valence-corrected chi connectivity index (χ1v) is 7.28. The van der Waals surface area contributed by atoms with E-state index in [1.165, 1.54) is 25.7 Å². The number of aromatic nitrogens is 3. The molecule has 5 heteroatoms. The van der Waals surface area contributed by atoms with Crippen molar-refractivity contribution in [1.29, 1.82) is 0 Å². The molecule has 1 saturated carbocycles. The second-order valence-electron chi connectivity index (χ2n) is 5.20. The van der Waals surface area contributed by atoms with E-state index in [-0.39, 0.29) is 0 Å². The van der Waals surface area contributed by atoms with Gasteiger partial charge in [-0.25, -0.2) is 4.52 Å². The third-order valence-corrected chi connectivity index (χ3v) is 4.03. The summed E-state index contributed by atoms with van der Waals surface area (Å²) in [4.78, 5) is 4.49. The van der Waals surface area contributed by atoms with Gasteiger partial charge in [-0.1, -0.05) is 19.8 Å². The maximum absolute atomic E-state index is 4.49. The van der Waals surface area contributed by atoms with Gasteiger partial charge in [0.2, 0.25) is 5.95 Å². The van der Waals surface area contributed by atoms with Crippen LogP contribution in [0, 0.1) is 5.92 Å². The molecule has 1 N–H and O–H groups in total. The average Bonchev–Trinajstić information content (AvgIpc) is 2.70. The van der Waals surface area contributed by atoms with Gasteiger partial charge in [-0.3, -0.25) is 0 Å². The predicted molar refractivity (Wildman–Crippen MR) is 75.7 cm³/mol. The number of fused-ring (bicyclic) bond motifs is 1. The number of halogens is 1. The quantitative estimate of drug-likeness (QED) is 0.923. The number of nitrogens with one attached hydrogen (secondary N) is 1. The lowest BCUT2D eigenvalue weighted by molar-refractivity contribution is 0.357. The van der Waals surface area contributed by atoms with Crippen LogP contribution >= 0.6 is 15.9 Å². The van der Waals surface area contributed by atoms with Crippen LogP contribution in [0.4, 0.5) is 5.95 Å². The molecule has 2 heterocycles. The van der Waals surface area contributed by atoms with Crippen molar-refractivity contribution in [2.75, 3.05) is 5.32 Å². The molecule has 1 fully saturated rings. The molecule has 0 amide bonds. The molecule has 1 aliphatic carbocycles. The van der Waals surface area contributed by atoms with Gasteiger partial charge in [0.25, 0.3) is 0 Å². The van der Waals surface area contributed by atoms with Crippen molar-refractivity contribution in [2.45, 2.75) is 38.6 Å². The van der Waals surface area contributed by atoms with Gasteiger partial charge in [0, 0.05) is 16.7 Å². The highest BCUT2D eigenvalue weighted by molar-refractivity contribution is 9.10. The maximum atomic E-state index is 4.49. The van der Waals surface area contributed by atoms with E-state index in [0.29, 0.717) is 6.04 Å². The number of pyridine rings is 1. The SMILES string of the molecule is CC1CCCC(Nc2nc3ccc(Br)cn3n2)C1. The van der Waals surface area contributed by atoms with Crippen LogP contribution in [0.1, 0.15) is 32.6 Å². The first-order chi connectivity index (χ1) is 8.70. The fourth-order valence-electron chi connectivity index (χ4n) is 2.67. The van der Waals surface area contributed by atoms with Gasteiger partial charge in [0.1, 0.15) is 0 Å². The van der Waals surface area contributed by atoms with E-state index >= 15 is 0 Å². The summed E-state index contributed by atoms with van der Waals surface area (Å²) in [5.74, 6) is 1.55. The summed E-state index contributed by atoms with van der Waals surface area (Å²) in [6.45, 7) is 2.32. The molecule has 3 rings (SSSR count). The fraction of sp³-hybridized carbons (Fsp3) is 0.538. The normalized spacial score (nSPS) is 24.3. The standard InChI is InChI=1S/C13H17BrN4/c1-9-3-2-4-11(7-9)15-13-16-12-6-5-10(14)8-18(12)17-13/h5-6,8-9,11H,2-4,7H2,1H3,(H,15,17). The van der Waals surface area contributed by atoms with Crippen LogP contribution in [0.5, 0.6) is 0 Å². The lowest BCUT2D eigenvalue weighted by Crippen LogP contribution is -2.26. The van der Waals surface area contributed by atoms with Crippen LogP contribution < -0.4 is 5.32 Å². The Kier molecular flexibility index (Phi) is 3.24. The Hall–Kier alpha value is -1.10. The fourth-order valence-corrected chi connectivity index (χ4v) is 2.99. The zero-order chi connectivity index (χ0) is 12.5. The van der Waals surface area contributed by atoms with Crippen LogP contribution in [-0.4, -0.2) is 20.6 Å². The smallest absolute Gasteiger partial charge is 0.243 e. The molecule has 0 radical (unpaired) electrons. The van der Waals surface area contributed by atoms with Crippen molar-refractivity contribution < 1.29 is 0 Å². The maximum Gasteiger partial charge on any atom is 0.243 e. The molecule has 96 valence electrons. The summed E-state index contributed by atoms with van der Waals surface area (Å²) in [6.07, 6.45) is 7.03. The van der Waals surface area contributed by atoms with Crippen molar-refractivity contribution in [3.63, 3.8) is 0 Å². The minimum Gasteiger partial charge on any atom is -0.350 e.